The van der Waals surface area contributed by atoms with Gasteiger partial charge in [-0.05, 0) is 24.3 Å². The van der Waals surface area contributed by atoms with Crippen LogP contribution in [-0.2, 0) is 0 Å². The topological polar surface area (TPSA) is 73.8 Å². The Morgan fingerprint density at radius 3 is 2.74 bits per heavy atom. The highest BCUT2D eigenvalue weighted by Crippen LogP contribution is 2.31. The van der Waals surface area contributed by atoms with Crippen LogP contribution in [0, 0.1) is 10.1 Å². The van der Waals surface area contributed by atoms with E-state index >= 15 is 0 Å². The lowest BCUT2D eigenvalue weighted by Crippen LogP contribution is -2.02. The number of benzene rings is 2. The Morgan fingerprint density at radius 2 is 1.95 bits per heavy atom. The summed E-state index contributed by atoms with van der Waals surface area (Å²) in [4.78, 5) is 10.6. The van der Waals surface area contributed by atoms with Gasteiger partial charge in [0.05, 0.1) is 10.4 Å². The molecule has 0 atom stereocenters. The van der Waals surface area contributed by atoms with E-state index in [-0.39, 0.29) is 10.7 Å². The highest BCUT2D eigenvalue weighted by atomic mass is 35.5. The van der Waals surface area contributed by atoms with Crippen LogP contribution in [0.4, 0.5) is 5.69 Å². The molecule has 7 heteroatoms. The molecule has 0 aliphatic heterocycles. The largest absolute Gasteiger partial charge is 0.313 e. The third-order valence-electron chi connectivity index (χ3n) is 2.73. The first kappa shape index (κ1) is 11.6. The average molecular weight is 275 g/mol. The second-order valence-electron chi connectivity index (χ2n) is 3.85. The maximum Gasteiger partial charge on any atom is 0.313 e. The van der Waals surface area contributed by atoms with Crippen molar-refractivity contribution in [2.75, 3.05) is 0 Å². The summed E-state index contributed by atoms with van der Waals surface area (Å²) in [7, 11) is 0. The molecule has 1 heterocycles. The number of hydrogen-bond acceptors (Lipinski definition) is 4. The summed E-state index contributed by atoms with van der Waals surface area (Å²) in [6, 6.07) is 11.9. The minimum Gasteiger partial charge on any atom is -0.258 e. The van der Waals surface area contributed by atoms with Crippen molar-refractivity contribution >= 4 is 28.3 Å². The summed E-state index contributed by atoms with van der Waals surface area (Å²) in [5.74, 6) is 0. The van der Waals surface area contributed by atoms with E-state index in [0.29, 0.717) is 16.7 Å². The predicted molar refractivity (Wildman–Crippen MR) is 70.5 cm³/mol. The van der Waals surface area contributed by atoms with Crippen LogP contribution in [0.2, 0.25) is 5.02 Å². The number of nitro benzene ring substituents is 1. The number of nitrogens with zero attached hydrogens (tertiary/aromatic N) is 4. The Balaban J connectivity index is 2.33. The lowest BCUT2D eigenvalue weighted by atomic mass is 10.2. The fraction of sp³-hybridized carbons (Fsp3) is 0. The van der Waals surface area contributed by atoms with Crippen molar-refractivity contribution in [3.05, 3.63) is 57.6 Å². The predicted octanol–water partition coefficient (Wildman–Crippen LogP) is 2.98. The Kier molecular flexibility index (Phi) is 2.64. The Hall–Kier alpha value is -2.47. The zero-order valence-electron chi connectivity index (χ0n) is 9.52. The average Bonchev–Trinajstić information content (AvgIpc) is 2.81. The minimum absolute atomic E-state index is 0.0714. The van der Waals surface area contributed by atoms with Crippen LogP contribution in [-0.4, -0.2) is 19.9 Å². The molecule has 3 aromatic rings. The molecule has 0 unspecified atom stereocenters. The van der Waals surface area contributed by atoms with Crippen molar-refractivity contribution in [3.63, 3.8) is 0 Å². The third kappa shape index (κ3) is 1.82. The molecule has 0 aliphatic rings. The summed E-state index contributed by atoms with van der Waals surface area (Å²) < 4.78 is 1.42. The van der Waals surface area contributed by atoms with Crippen LogP contribution in [0.25, 0.3) is 16.7 Å². The van der Waals surface area contributed by atoms with Gasteiger partial charge in [0.25, 0.3) is 0 Å². The Labute approximate surface area is 112 Å². The summed E-state index contributed by atoms with van der Waals surface area (Å²) in [5.41, 5.74) is 1.47. The van der Waals surface area contributed by atoms with Gasteiger partial charge in [0.1, 0.15) is 16.2 Å². The monoisotopic (exact) mass is 274 g/mol. The second kappa shape index (κ2) is 4.33. The third-order valence-corrected chi connectivity index (χ3v) is 3.03. The first-order chi connectivity index (χ1) is 9.18. The van der Waals surface area contributed by atoms with Crippen LogP contribution in [0.5, 0.6) is 0 Å². The van der Waals surface area contributed by atoms with Crippen LogP contribution in [0.1, 0.15) is 0 Å². The molecule has 0 radical (unpaired) electrons. The number of hydrogen-bond donors (Lipinski definition) is 0. The summed E-state index contributed by atoms with van der Waals surface area (Å²) in [5, 5.41) is 19.1. The van der Waals surface area contributed by atoms with Crippen molar-refractivity contribution < 1.29 is 4.92 Å². The zero-order chi connectivity index (χ0) is 13.4. The quantitative estimate of drug-likeness (QED) is 0.532. The summed E-state index contributed by atoms with van der Waals surface area (Å²) >= 11 is 5.89. The first-order valence-corrected chi connectivity index (χ1v) is 5.80. The fourth-order valence-electron chi connectivity index (χ4n) is 1.90. The van der Waals surface area contributed by atoms with Gasteiger partial charge in [-0.15, -0.1) is 5.10 Å². The number of fused-ring (bicyclic) bond motifs is 1. The van der Waals surface area contributed by atoms with Gasteiger partial charge in [-0.25, -0.2) is 4.68 Å². The molecule has 0 aliphatic carbocycles. The molecule has 0 N–H and O–H groups in total. The summed E-state index contributed by atoms with van der Waals surface area (Å²) in [6.07, 6.45) is 0. The van der Waals surface area contributed by atoms with Gasteiger partial charge < -0.3 is 0 Å². The van der Waals surface area contributed by atoms with Crippen molar-refractivity contribution in [2.45, 2.75) is 0 Å². The SMILES string of the molecule is O=[N+]([O-])c1c(Cl)cccc1-n1nnc2ccccc21. The molecule has 2 aromatic carbocycles. The van der Waals surface area contributed by atoms with Crippen LogP contribution >= 0.6 is 11.6 Å². The molecule has 0 amide bonds. The minimum atomic E-state index is -0.520. The number of para-hydroxylation sites is 2. The van der Waals surface area contributed by atoms with E-state index in [1.54, 1.807) is 24.3 Å². The molecule has 94 valence electrons. The molecular weight excluding hydrogens is 268 g/mol. The van der Waals surface area contributed by atoms with Gasteiger partial charge in [-0.3, -0.25) is 10.1 Å². The van der Waals surface area contributed by atoms with Crippen molar-refractivity contribution in [1.82, 2.24) is 15.0 Å². The molecule has 6 nitrogen and oxygen atoms in total. The van der Waals surface area contributed by atoms with Crippen LogP contribution < -0.4 is 0 Å². The summed E-state index contributed by atoms with van der Waals surface area (Å²) in [6.45, 7) is 0. The molecular formula is C12H7ClN4O2. The van der Waals surface area contributed by atoms with Crippen molar-refractivity contribution in [1.29, 1.82) is 0 Å². The van der Waals surface area contributed by atoms with E-state index in [9.17, 15) is 10.1 Å². The highest BCUT2D eigenvalue weighted by Gasteiger charge is 2.21. The maximum atomic E-state index is 11.1. The highest BCUT2D eigenvalue weighted by molar-refractivity contribution is 6.33. The number of aromatic nitrogens is 3. The number of nitro groups is 1. The lowest BCUT2D eigenvalue weighted by Gasteiger charge is -2.04. The van der Waals surface area contributed by atoms with Gasteiger partial charge in [0, 0.05) is 0 Å². The molecule has 0 saturated carbocycles. The Bertz CT molecular complexity index is 784. The molecule has 0 saturated heterocycles. The van der Waals surface area contributed by atoms with Crippen molar-refractivity contribution in [3.8, 4) is 5.69 Å². The first-order valence-electron chi connectivity index (χ1n) is 5.42. The zero-order valence-corrected chi connectivity index (χ0v) is 10.3. The van der Waals surface area contributed by atoms with E-state index in [4.69, 9.17) is 11.6 Å². The van der Waals surface area contributed by atoms with Crippen LogP contribution in [0.3, 0.4) is 0 Å². The standard InChI is InChI=1S/C12H7ClN4O2/c13-8-4-3-7-11(12(8)17(18)19)16-10-6-2-1-5-9(10)14-15-16/h1-7H. The van der Waals surface area contributed by atoms with E-state index in [2.05, 4.69) is 10.3 Å². The normalized spacial score (nSPS) is 10.8. The molecule has 0 fully saturated rings. The smallest absolute Gasteiger partial charge is 0.258 e. The van der Waals surface area contributed by atoms with E-state index in [0.717, 1.165) is 0 Å². The van der Waals surface area contributed by atoms with E-state index in [1.807, 2.05) is 12.1 Å². The van der Waals surface area contributed by atoms with Crippen LogP contribution in [0.15, 0.2) is 42.5 Å². The van der Waals surface area contributed by atoms with Gasteiger partial charge in [0.15, 0.2) is 0 Å². The van der Waals surface area contributed by atoms with Gasteiger partial charge in [-0.2, -0.15) is 0 Å². The van der Waals surface area contributed by atoms with Gasteiger partial charge in [0.2, 0.25) is 0 Å². The lowest BCUT2D eigenvalue weighted by molar-refractivity contribution is -0.384. The van der Waals surface area contributed by atoms with E-state index < -0.39 is 4.92 Å². The molecule has 0 spiro atoms. The van der Waals surface area contributed by atoms with Gasteiger partial charge in [-0.1, -0.05) is 35.0 Å². The number of halogens is 1. The molecule has 3 rings (SSSR count). The second-order valence-corrected chi connectivity index (χ2v) is 4.26. The fourth-order valence-corrected chi connectivity index (χ4v) is 2.14. The molecule has 1 aromatic heterocycles. The van der Waals surface area contributed by atoms with Crippen molar-refractivity contribution in [2.24, 2.45) is 0 Å². The maximum absolute atomic E-state index is 11.1. The Morgan fingerprint density at radius 1 is 1.16 bits per heavy atom. The number of rotatable bonds is 2. The van der Waals surface area contributed by atoms with Gasteiger partial charge >= 0.3 is 5.69 Å². The molecule has 0 bridgehead atoms. The van der Waals surface area contributed by atoms with E-state index in [1.165, 1.54) is 10.7 Å². The molecule has 19 heavy (non-hydrogen) atoms.